The molecule has 38 heavy (non-hydrogen) atoms. The number of carboxylic acids is 1. The quantitative estimate of drug-likeness (QED) is 0.437. The summed E-state index contributed by atoms with van der Waals surface area (Å²) < 4.78 is 10.9. The van der Waals surface area contributed by atoms with Crippen molar-refractivity contribution in [2.75, 3.05) is 19.7 Å². The van der Waals surface area contributed by atoms with Gasteiger partial charge in [0.2, 0.25) is 0 Å². The van der Waals surface area contributed by atoms with Crippen LogP contribution in [0.2, 0.25) is 0 Å². The topological polar surface area (TPSA) is 105 Å². The minimum atomic E-state index is -1.14. The summed E-state index contributed by atoms with van der Waals surface area (Å²) in [5.41, 5.74) is 5.31. The third-order valence-corrected chi connectivity index (χ3v) is 7.25. The zero-order valence-corrected chi connectivity index (χ0v) is 20.9. The van der Waals surface area contributed by atoms with Crippen LogP contribution in [0.4, 0.5) is 9.59 Å². The van der Waals surface area contributed by atoms with Crippen LogP contribution in [0.1, 0.15) is 35.4 Å². The SMILES string of the molecule is O=C(NC(CC1CCN(C(=O)OCc2ccccc2)C1)C(=O)O)OCC1c2ccccc2-c2ccccc21. The Morgan fingerprint density at radius 1 is 0.895 bits per heavy atom. The van der Waals surface area contributed by atoms with Gasteiger partial charge in [-0.15, -0.1) is 0 Å². The summed E-state index contributed by atoms with van der Waals surface area (Å²) >= 11 is 0. The highest BCUT2D eigenvalue weighted by atomic mass is 16.6. The number of nitrogens with zero attached hydrogens (tertiary/aromatic N) is 1. The molecular weight excluding hydrogens is 484 g/mol. The molecule has 1 aliphatic heterocycles. The van der Waals surface area contributed by atoms with Gasteiger partial charge in [0.25, 0.3) is 0 Å². The summed E-state index contributed by atoms with van der Waals surface area (Å²) in [6.07, 6.45) is -0.359. The Hall–Kier alpha value is -4.33. The van der Waals surface area contributed by atoms with Gasteiger partial charge in [-0.25, -0.2) is 14.4 Å². The molecular formula is C30H30N2O6. The van der Waals surface area contributed by atoms with Crippen LogP contribution in [0.3, 0.4) is 0 Å². The average Bonchev–Trinajstić information content (AvgIpc) is 3.53. The molecule has 2 amide bonds. The molecule has 3 aromatic carbocycles. The molecule has 8 nitrogen and oxygen atoms in total. The molecule has 8 heteroatoms. The first kappa shape index (κ1) is 25.3. The largest absolute Gasteiger partial charge is 0.480 e. The number of carbonyl (C=O) groups excluding carboxylic acids is 2. The number of carboxylic acid groups (broad SMARTS) is 1. The molecule has 2 aliphatic rings. The Morgan fingerprint density at radius 3 is 2.18 bits per heavy atom. The van der Waals surface area contributed by atoms with Crippen molar-refractivity contribution in [2.24, 2.45) is 5.92 Å². The predicted molar refractivity (Wildman–Crippen MR) is 141 cm³/mol. The van der Waals surface area contributed by atoms with Gasteiger partial charge >= 0.3 is 18.2 Å². The number of aliphatic carboxylic acids is 1. The van der Waals surface area contributed by atoms with E-state index in [-0.39, 0.29) is 31.5 Å². The van der Waals surface area contributed by atoms with Gasteiger partial charge < -0.3 is 24.8 Å². The monoisotopic (exact) mass is 514 g/mol. The zero-order valence-electron chi connectivity index (χ0n) is 20.9. The van der Waals surface area contributed by atoms with E-state index in [0.29, 0.717) is 19.5 Å². The van der Waals surface area contributed by atoms with Gasteiger partial charge in [-0.3, -0.25) is 0 Å². The molecule has 0 aromatic heterocycles. The molecule has 2 unspecified atom stereocenters. The van der Waals surface area contributed by atoms with Gasteiger partial charge in [0.15, 0.2) is 0 Å². The fourth-order valence-electron chi connectivity index (χ4n) is 5.34. The first-order valence-corrected chi connectivity index (χ1v) is 12.8. The van der Waals surface area contributed by atoms with E-state index in [0.717, 1.165) is 27.8 Å². The minimum absolute atomic E-state index is 0.0748. The third kappa shape index (κ3) is 5.64. The molecule has 5 rings (SSSR count). The maximum atomic E-state index is 12.6. The Balaban J connectivity index is 1.12. The summed E-state index contributed by atoms with van der Waals surface area (Å²) in [5.74, 6) is -1.32. The lowest BCUT2D eigenvalue weighted by molar-refractivity contribution is -0.139. The van der Waals surface area contributed by atoms with Gasteiger partial charge in [-0.1, -0.05) is 78.9 Å². The standard InChI is InChI=1S/C30H30N2O6/c33-28(34)27(16-21-14-15-32(17-21)30(36)38-18-20-8-2-1-3-9-20)31-29(35)37-19-26-24-12-6-4-10-22(24)23-11-5-7-13-25(23)26/h1-13,21,26-27H,14-19H2,(H,31,35)(H,33,34). The maximum Gasteiger partial charge on any atom is 0.410 e. The Kier molecular flexibility index (Phi) is 7.58. The first-order valence-electron chi connectivity index (χ1n) is 12.8. The normalized spacial score (nSPS) is 16.8. The fourth-order valence-corrected chi connectivity index (χ4v) is 5.34. The summed E-state index contributed by atoms with van der Waals surface area (Å²) in [4.78, 5) is 38.6. The molecule has 1 saturated heterocycles. The fraction of sp³-hybridized carbons (Fsp3) is 0.300. The molecule has 196 valence electrons. The molecule has 3 aromatic rings. The highest BCUT2D eigenvalue weighted by Crippen LogP contribution is 2.44. The lowest BCUT2D eigenvalue weighted by atomic mass is 9.98. The van der Waals surface area contributed by atoms with E-state index >= 15 is 0 Å². The van der Waals surface area contributed by atoms with Crippen molar-refractivity contribution in [2.45, 2.75) is 31.4 Å². The van der Waals surface area contributed by atoms with E-state index in [1.54, 1.807) is 4.90 Å². The molecule has 1 fully saturated rings. The van der Waals surface area contributed by atoms with Crippen LogP contribution in [0.25, 0.3) is 11.1 Å². The van der Waals surface area contributed by atoms with Crippen molar-refractivity contribution >= 4 is 18.2 Å². The van der Waals surface area contributed by atoms with Crippen LogP contribution in [-0.4, -0.2) is 53.9 Å². The van der Waals surface area contributed by atoms with Crippen LogP contribution in [0.5, 0.6) is 0 Å². The van der Waals surface area contributed by atoms with Crippen LogP contribution in [0.15, 0.2) is 78.9 Å². The Morgan fingerprint density at radius 2 is 1.53 bits per heavy atom. The predicted octanol–water partition coefficient (Wildman–Crippen LogP) is 5.03. The second kappa shape index (κ2) is 11.4. The van der Waals surface area contributed by atoms with Gasteiger partial charge in [-0.2, -0.15) is 0 Å². The van der Waals surface area contributed by atoms with Crippen molar-refractivity contribution in [1.82, 2.24) is 10.2 Å². The molecule has 0 radical (unpaired) electrons. The molecule has 2 atom stereocenters. The summed E-state index contributed by atoms with van der Waals surface area (Å²) in [6.45, 7) is 1.15. The second-order valence-corrected chi connectivity index (χ2v) is 9.74. The number of hydrogen-bond acceptors (Lipinski definition) is 5. The van der Waals surface area contributed by atoms with Gasteiger partial charge in [-0.05, 0) is 46.6 Å². The highest BCUT2D eigenvalue weighted by molar-refractivity contribution is 5.81. The van der Waals surface area contributed by atoms with Crippen LogP contribution < -0.4 is 5.32 Å². The number of ether oxygens (including phenoxy) is 2. The summed E-state index contributed by atoms with van der Waals surface area (Å²) in [5, 5.41) is 12.2. The summed E-state index contributed by atoms with van der Waals surface area (Å²) in [7, 11) is 0. The molecule has 1 heterocycles. The smallest absolute Gasteiger partial charge is 0.410 e. The number of rotatable bonds is 8. The Labute approximate surface area is 221 Å². The second-order valence-electron chi connectivity index (χ2n) is 9.74. The molecule has 0 bridgehead atoms. The maximum absolute atomic E-state index is 12.6. The first-order chi connectivity index (χ1) is 18.5. The Bertz CT molecular complexity index is 1270. The van der Waals surface area contributed by atoms with E-state index in [4.69, 9.17) is 9.47 Å². The molecule has 0 spiro atoms. The van der Waals surface area contributed by atoms with E-state index in [1.807, 2.05) is 66.7 Å². The van der Waals surface area contributed by atoms with Crippen molar-refractivity contribution < 1.29 is 29.0 Å². The molecule has 0 saturated carbocycles. The average molecular weight is 515 g/mol. The van der Waals surface area contributed by atoms with Gasteiger partial charge in [0.05, 0.1) is 0 Å². The van der Waals surface area contributed by atoms with Crippen molar-refractivity contribution in [1.29, 1.82) is 0 Å². The number of likely N-dealkylation sites (tertiary alicyclic amines) is 1. The third-order valence-electron chi connectivity index (χ3n) is 7.25. The number of nitrogens with one attached hydrogen (secondary N) is 1. The number of amides is 2. The van der Waals surface area contributed by atoms with Gasteiger partial charge in [0, 0.05) is 19.0 Å². The lowest BCUT2D eigenvalue weighted by Crippen LogP contribution is -2.43. The zero-order chi connectivity index (χ0) is 26.5. The number of fused-ring (bicyclic) bond motifs is 3. The van der Waals surface area contributed by atoms with Crippen molar-refractivity contribution in [3.05, 3.63) is 95.6 Å². The van der Waals surface area contributed by atoms with Crippen molar-refractivity contribution in [3.8, 4) is 11.1 Å². The van der Waals surface area contributed by atoms with Crippen molar-refractivity contribution in [3.63, 3.8) is 0 Å². The number of alkyl carbamates (subject to hydrolysis) is 1. The van der Waals surface area contributed by atoms with Gasteiger partial charge in [0.1, 0.15) is 19.3 Å². The number of carbonyl (C=O) groups is 3. The number of benzene rings is 3. The van der Waals surface area contributed by atoms with Crippen LogP contribution >= 0.6 is 0 Å². The van der Waals surface area contributed by atoms with E-state index in [2.05, 4.69) is 17.4 Å². The van der Waals surface area contributed by atoms with Crippen LogP contribution in [-0.2, 0) is 20.9 Å². The van der Waals surface area contributed by atoms with E-state index in [9.17, 15) is 19.5 Å². The highest BCUT2D eigenvalue weighted by Gasteiger charge is 2.33. The van der Waals surface area contributed by atoms with Crippen LogP contribution in [0, 0.1) is 5.92 Å². The molecule has 1 aliphatic carbocycles. The van der Waals surface area contributed by atoms with E-state index < -0.39 is 24.2 Å². The minimum Gasteiger partial charge on any atom is -0.480 e. The van der Waals surface area contributed by atoms with E-state index in [1.165, 1.54) is 0 Å². The summed E-state index contributed by atoms with van der Waals surface area (Å²) in [6, 6.07) is 24.3. The molecule has 2 N–H and O–H groups in total. The lowest BCUT2D eigenvalue weighted by Gasteiger charge is -2.20. The number of hydrogen-bond donors (Lipinski definition) is 2.